The van der Waals surface area contributed by atoms with Crippen LogP contribution in [0.25, 0.3) is 0 Å². The van der Waals surface area contributed by atoms with Gasteiger partial charge in [-0.2, -0.15) is 11.8 Å². The number of ether oxygens (including phenoxy) is 1. The Morgan fingerprint density at radius 3 is 3.00 bits per heavy atom. The molecule has 1 aromatic heterocycles. The number of methoxy groups -OCH3 is 1. The molecule has 0 bridgehead atoms. The molecule has 1 unspecified atom stereocenters. The molecule has 2 heterocycles. The van der Waals surface area contributed by atoms with Gasteiger partial charge in [0, 0.05) is 30.6 Å². The summed E-state index contributed by atoms with van der Waals surface area (Å²) >= 11 is 1.84. The molecule has 0 fully saturated rings. The van der Waals surface area contributed by atoms with Gasteiger partial charge in [0.2, 0.25) is 0 Å². The van der Waals surface area contributed by atoms with Crippen molar-refractivity contribution in [2.24, 2.45) is 5.84 Å². The molecule has 1 aliphatic heterocycles. The highest BCUT2D eigenvalue weighted by atomic mass is 32.2. The molecule has 0 saturated heterocycles. The van der Waals surface area contributed by atoms with Gasteiger partial charge in [-0.05, 0) is 6.92 Å². The monoisotopic (exact) mass is 240 g/mol. The van der Waals surface area contributed by atoms with Gasteiger partial charge in [0.05, 0.1) is 11.8 Å². The lowest BCUT2D eigenvalue weighted by molar-refractivity contribution is 0.117. The van der Waals surface area contributed by atoms with Crippen molar-refractivity contribution in [2.45, 2.75) is 31.0 Å². The molecule has 0 aliphatic carbocycles. The molecule has 1 aromatic rings. The first-order valence-corrected chi connectivity index (χ1v) is 6.36. The maximum Gasteiger partial charge on any atom is 0.148 e. The summed E-state index contributed by atoms with van der Waals surface area (Å²) in [6.45, 7) is 2.00. The van der Waals surface area contributed by atoms with E-state index in [1.807, 2.05) is 18.7 Å². The predicted octanol–water partition coefficient (Wildman–Crippen LogP) is 1.09. The average Bonchev–Trinajstić information content (AvgIpc) is 2.75. The van der Waals surface area contributed by atoms with E-state index in [1.54, 1.807) is 7.11 Å². The first-order chi connectivity index (χ1) is 7.74. The number of hydrogen-bond acceptors (Lipinski definition) is 6. The highest BCUT2D eigenvalue weighted by molar-refractivity contribution is 7.98. The number of anilines is 1. The van der Waals surface area contributed by atoms with Crippen LogP contribution in [0.1, 0.15) is 24.0 Å². The predicted molar refractivity (Wildman–Crippen MR) is 65.0 cm³/mol. The van der Waals surface area contributed by atoms with E-state index in [0.717, 1.165) is 34.4 Å². The minimum atomic E-state index is 0.123. The van der Waals surface area contributed by atoms with Crippen LogP contribution in [-0.4, -0.2) is 23.2 Å². The highest BCUT2D eigenvalue weighted by Gasteiger charge is 2.19. The summed E-state index contributed by atoms with van der Waals surface area (Å²) in [7, 11) is 1.69. The summed E-state index contributed by atoms with van der Waals surface area (Å²) in [5.41, 5.74) is 4.90. The molecular weight excluding hydrogens is 224 g/mol. The molecule has 0 amide bonds. The van der Waals surface area contributed by atoms with E-state index >= 15 is 0 Å². The number of hydrazine groups is 1. The zero-order valence-corrected chi connectivity index (χ0v) is 10.3. The summed E-state index contributed by atoms with van der Waals surface area (Å²) in [6, 6.07) is 0. The van der Waals surface area contributed by atoms with Crippen LogP contribution in [0.5, 0.6) is 0 Å². The van der Waals surface area contributed by atoms with Gasteiger partial charge in [-0.25, -0.2) is 15.8 Å². The van der Waals surface area contributed by atoms with Crippen LogP contribution < -0.4 is 11.3 Å². The Hall–Kier alpha value is -0.850. The fourth-order valence-electron chi connectivity index (χ4n) is 1.65. The molecule has 0 aromatic carbocycles. The van der Waals surface area contributed by atoms with Crippen molar-refractivity contribution >= 4 is 17.6 Å². The number of hydrogen-bond donors (Lipinski definition) is 2. The number of thioether (sulfide) groups is 1. The van der Waals surface area contributed by atoms with E-state index in [1.165, 1.54) is 0 Å². The summed E-state index contributed by atoms with van der Waals surface area (Å²) in [6.07, 6.45) is 0.834. The van der Waals surface area contributed by atoms with Crippen LogP contribution in [0.2, 0.25) is 0 Å². The van der Waals surface area contributed by atoms with Gasteiger partial charge in [0.25, 0.3) is 0 Å². The molecule has 6 heteroatoms. The fourth-order valence-corrected chi connectivity index (χ4v) is 2.70. The Bertz CT molecular complexity index is 385. The lowest BCUT2D eigenvalue weighted by Crippen LogP contribution is -2.17. The first kappa shape index (κ1) is 11.6. The summed E-state index contributed by atoms with van der Waals surface area (Å²) < 4.78 is 5.21. The Balaban J connectivity index is 2.27. The Morgan fingerprint density at radius 2 is 2.31 bits per heavy atom. The summed E-state index contributed by atoms with van der Waals surface area (Å²) in [4.78, 5) is 8.95. The van der Waals surface area contributed by atoms with Crippen LogP contribution in [0.3, 0.4) is 0 Å². The third-order valence-corrected chi connectivity index (χ3v) is 3.60. The molecule has 1 aliphatic rings. The van der Waals surface area contributed by atoms with E-state index < -0.39 is 0 Å². The maximum atomic E-state index is 5.47. The van der Waals surface area contributed by atoms with Crippen molar-refractivity contribution in [2.75, 3.05) is 12.5 Å². The molecule has 3 N–H and O–H groups in total. The Labute approximate surface area is 99.2 Å². The number of aromatic nitrogens is 2. The fraction of sp³-hybridized carbons (Fsp3) is 0.600. The van der Waals surface area contributed by atoms with Crippen molar-refractivity contribution in [3.63, 3.8) is 0 Å². The third kappa shape index (κ3) is 2.28. The van der Waals surface area contributed by atoms with Crippen LogP contribution in [0.15, 0.2) is 0 Å². The number of rotatable bonds is 4. The molecule has 1 atom stereocenters. The Morgan fingerprint density at radius 1 is 1.50 bits per heavy atom. The molecule has 0 spiro atoms. The van der Waals surface area contributed by atoms with E-state index in [0.29, 0.717) is 6.42 Å². The third-order valence-electron chi connectivity index (χ3n) is 2.63. The standard InChI is InChI=1S/C10H16N4OS/c1-6(15-2)3-9-12-8-5-16-4-7(8)10(13-9)14-11/h6H,3-5,11H2,1-2H3,(H,12,13,14). The molecule has 16 heavy (non-hydrogen) atoms. The van der Waals surface area contributed by atoms with Gasteiger partial charge in [-0.3, -0.25) is 0 Å². The lowest BCUT2D eigenvalue weighted by atomic mass is 10.2. The second kappa shape index (κ2) is 4.99. The first-order valence-electron chi connectivity index (χ1n) is 5.20. The van der Waals surface area contributed by atoms with Crippen molar-refractivity contribution < 1.29 is 4.74 Å². The maximum absolute atomic E-state index is 5.47. The lowest BCUT2D eigenvalue weighted by Gasteiger charge is -2.11. The minimum Gasteiger partial charge on any atom is -0.381 e. The molecule has 2 rings (SSSR count). The Kier molecular flexibility index (Phi) is 3.63. The van der Waals surface area contributed by atoms with Crippen molar-refractivity contribution in [3.05, 3.63) is 17.1 Å². The normalized spacial score (nSPS) is 15.9. The molecule has 5 nitrogen and oxygen atoms in total. The van der Waals surface area contributed by atoms with Crippen LogP contribution in [-0.2, 0) is 22.7 Å². The van der Waals surface area contributed by atoms with Crippen molar-refractivity contribution in [1.82, 2.24) is 9.97 Å². The van der Waals surface area contributed by atoms with E-state index in [9.17, 15) is 0 Å². The number of nitrogens with zero attached hydrogens (tertiary/aromatic N) is 2. The zero-order chi connectivity index (χ0) is 11.5. The van der Waals surface area contributed by atoms with E-state index in [2.05, 4.69) is 15.4 Å². The number of nitrogens with one attached hydrogen (secondary N) is 1. The number of nitrogens with two attached hydrogens (primary N) is 1. The highest BCUT2D eigenvalue weighted by Crippen LogP contribution is 2.32. The second-order valence-corrected chi connectivity index (χ2v) is 4.79. The minimum absolute atomic E-state index is 0.123. The largest absolute Gasteiger partial charge is 0.381 e. The van der Waals surface area contributed by atoms with E-state index in [-0.39, 0.29) is 6.10 Å². The van der Waals surface area contributed by atoms with Gasteiger partial charge in [0.1, 0.15) is 11.6 Å². The summed E-state index contributed by atoms with van der Waals surface area (Å²) in [5.74, 6) is 8.91. The van der Waals surface area contributed by atoms with Crippen molar-refractivity contribution in [3.8, 4) is 0 Å². The van der Waals surface area contributed by atoms with Gasteiger partial charge in [-0.1, -0.05) is 0 Å². The average molecular weight is 240 g/mol. The van der Waals surface area contributed by atoms with Crippen molar-refractivity contribution in [1.29, 1.82) is 0 Å². The van der Waals surface area contributed by atoms with E-state index in [4.69, 9.17) is 10.6 Å². The van der Waals surface area contributed by atoms with Gasteiger partial charge in [-0.15, -0.1) is 0 Å². The zero-order valence-electron chi connectivity index (χ0n) is 9.49. The molecule has 0 saturated carbocycles. The quantitative estimate of drug-likeness (QED) is 0.606. The van der Waals surface area contributed by atoms with Gasteiger partial charge in [0.15, 0.2) is 0 Å². The molecule has 88 valence electrons. The van der Waals surface area contributed by atoms with Gasteiger partial charge < -0.3 is 10.2 Å². The molecule has 0 radical (unpaired) electrons. The van der Waals surface area contributed by atoms with Crippen LogP contribution in [0.4, 0.5) is 5.82 Å². The van der Waals surface area contributed by atoms with Crippen LogP contribution in [0, 0.1) is 0 Å². The smallest absolute Gasteiger partial charge is 0.148 e. The number of fused-ring (bicyclic) bond motifs is 1. The number of nitrogen functional groups attached to an aromatic ring is 1. The second-order valence-electron chi connectivity index (χ2n) is 3.80. The van der Waals surface area contributed by atoms with Crippen LogP contribution >= 0.6 is 11.8 Å². The topological polar surface area (TPSA) is 73.1 Å². The van der Waals surface area contributed by atoms with Gasteiger partial charge >= 0.3 is 0 Å². The molecular formula is C10H16N4OS. The SMILES string of the molecule is COC(C)Cc1nc2c(c(NN)n1)CSC2. The summed E-state index contributed by atoms with van der Waals surface area (Å²) in [5, 5.41) is 0.